The maximum absolute atomic E-state index is 12.0. The van der Waals surface area contributed by atoms with E-state index in [9.17, 15) is 13.2 Å². The van der Waals surface area contributed by atoms with Crippen LogP contribution < -0.4 is 5.32 Å². The van der Waals surface area contributed by atoms with Crippen LogP contribution in [0, 0.1) is 0 Å². The predicted octanol–water partition coefficient (Wildman–Crippen LogP) is 1.01. The second kappa shape index (κ2) is 9.48. The third-order valence-electron chi connectivity index (χ3n) is 5.19. The smallest absolute Gasteiger partial charge is 0.221 e. The molecule has 0 spiro atoms. The monoisotopic (exact) mass is 391 g/mol. The zero-order valence-corrected chi connectivity index (χ0v) is 16.5. The normalized spacial score (nSPS) is 23.6. The molecule has 0 bridgehead atoms. The number of piperazine rings is 1. The molecule has 6 nitrogen and oxygen atoms in total. The molecule has 148 valence electrons. The lowest BCUT2D eigenvalue weighted by Crippen LogP contribution is -2.47. The van der Waals surface area contributed by atoms with Gasteiger partial charge in [-0.15, -0.1) is 0 Å². The molecule has 2 fully saturated rings. The van der Waals surface area contributed by atoms with E-state index in [2.05, 4.69) is 39.4 Å². The van der Waals surface area contributed by atoms with Gasteiger partial charge < -0.3 is 10.2 Å². The van der Waals surface area contributed by atoms with Gasteiger partial charge in [0.25, 0.3) is 0 Å². The highest BCUT2D eigenvalue weighted by molar-refractivity contribution is 7.91. The van der Waals surface area contributed by atoms with Crippen molar-refractivity contribution in [2.75, 3.05) is 50.8 Å². The molecule has 2 aliphatic rings. The van der Waals surface area contributed by atoms with E-state index in [0.29, 0.717) is 12.8 Å². The number of amides is 1. The molecule has 2 saturated heterocycles. The van der Waals surface area contributed by atoms with Gasteiger partial charge in [0.2, 0.25) is 5.91 Å². The first-order valence-electron chi connectivity index (χ1n) is 9.66. The number of carbonyl (C=O) groups excluding carboxylic acids is 1. The molecule has 1 amide bonds. The van der Waals surface area contributed by atoms with E-state index in [1.54, 1.807) is 0 Å². The van der Waals surface area contributed by atoms with Crippen LogP contribution in [0.25, 0.3) is 6.08 Å². The highest BCUT2D eigenvalue weighted by Crippen LogP contribution is 2.11. The zero-order chi connectivity index (χ0) is 19.1. The summed E-state index contributed by atoms with van der Waals surface area (Å²) >= 11 is 0. The Balaban J connectivity index is 1.30. The van der Waals surface area contributed by atoms with Crippen molar-refractivity contribution in [3.8, 4) is 0 Å². The van der Waals surface area contributed by atoms with Crippen molar-refractivity contribution < 1.29 is 13.2 Å². The number of carbonyl (C=O) groups is 1. The van der Waals surface area contributed by atoms with E-state index in [-0.39, 0.29) is 23.5 Å². The molecule has 0 aromatic heterocycles. The Morgan fingerprint density at radius 2 is 1.81 bits per heavy atom. The summed E-state index contributed by atoms with van der Waals surface area (Å²) in [6.07, 6.45) is 5.34. The van der Waals surface area contributed by atoms with Gasteiger partial charge in [-0.05, 0) is 12.0 Å². The van der Waals surface area contributed by atoms with Crippen molar-refractivity contribution in [2.45, 2.75) is 18.9 Å². The lowest BCUT2D eigenvalue weighted by Gasteiger charge is -2.34. The van der Waals surface area contributed by atoms with Gasteiger partial charge in [0.15, 0.2) is 9.84 Å². The third kappa shape index (κ3) is 6.75. The molecule has 1 atom stereocenters. The van der Waals surface area contributed by atoms with Gasteiger partial charge in [0, 0.05) is 51.7 Å². The van der Waals surface area contributed by atoms with Gasteiger partial charge in [-0.25, -0.2) is 8.42 Å². The summed E-state index contributed by atoms with van der Waals surface area (Å²) in [5.74, 6) is 0.248. The molecule has 1 aromatic rings. The molecular weight excluding hydrogens is 362 g/mol. The average molecular weight is 392 g/mol. The first kappa shape index (κ1) is 20.0. The van der Waals surface area contributed by atoms with Gasteiger partial charge in [0.05, 0.1) is 11.5 Å². The Kier molecular flexibility index (Phi) is 7.04. The number of rotatable bonds is 7. The highest BCUT2D eigenvalue weighted by atomic mass is 32.2. The quantitative estimate of drug-likeness (QED) is 0.751. The zero-order valence-electron chi connectivity index (χ0n) is 15.7. The van der Waals surface area contributed by atoms with Crippen LogP contribution in [0.2, 0.25) is 0 Å². The van der Waals surface area contributed by atoms with E-state index in [1.807, 2.05) is 18.2 Å². The molecule has 1 unspecified atom stereocenters. The third-order valence-corrected chi connectivity index (χ3v) is 6.96. The SMILES string of the molecule is O=C(CCN1CCN(C/C=C/c2ccccc2)CC1)NC1CCS(=O)(=O)C1. The van der Waals surface area contributed by atoms with Crippen molar-refractivity contribution >= 4 is 21.8 Å². The Hall–Kier alpha value is -1.70. The topological polar surface area (TPSA) is 69.7 Å². The molecule has 2 aliphatic heterocycles. The Morgan fingerprint density at radius 1 is 1.11 bits per heavy atom. The minimum Gasteiger partial charge on any atom is -0.352 e. The number of nitrogens with one attached hydrogen (secondary N) is 1. The number of hydrogen-bond acceptors (Lipinski definition) is 5. The number of nitrogens with zero attached hydrogens (tertiary/aromatic N) is 2. The van der Waals surface area contributed by atoms with Gasteiger partial charge in [-0.3, -0.25) is 9.69 Å². The molecule has 1 N–H and O–H groups in total. The van der Waals surface area contributed by atoms with Crippen LogP contribution in [0.4, 0.5) is 0 Å². The second-order valence-corrected chi connectivity index (χ2v) is 9.60. The summed E-state index contributed by atoms with van der Waals surface area (Å²) in [5, 5.41) is 2.86. The first-order chi connectivity index (χ1) is 13.0. The average Bonchev–Trinajstić information content (AvgIpc) is 3.00. The van der Waals surface area contributed by atoms with Crippen molar-refractivity contribution in [1.29, 1.82) is 0 Å². The Bertz CT molecular complexity index is 741. The van der Waals surface area contributed by atoms with Crippen LogP contribution in [0.1, 0.15) is 18.4 Å². The van der Waals surface area contributed by atoms with Crippen molar-refractivity contribution in [2.24, 2.45) is 0 Å². The Morgan fingerprint density at radius 3 is 2.48 bits per heavy atom. The van der Waals surface area contributed by atoms with E-state index in [4.69, 9.17) is 0 Å². The minimum absolute atomic E-state index is 0.0367. The number of benzene rings is 1. The molecular formula is C20H29N3O3S. The molecule has 2 heterocycles. The van der Waals surface area contributed by atoms with E-state index in [1.165, 1.54) is 5.56 Å². The number of sulfone groups is 1. The molecule has 1 aromatic carbocycles. The molecule has 0 radical (unpaired) electrons. The Labute approximate surface area is 162 Å². The molecule has 0 saturated carbocycles. The van der Waals surface area contributed by atoms with Gasteiger partial charge >= 0.3 is 0 Å². The van der Waals surface area contributed by atoms with Crippen LogP contribution in [0.5, 0.6) is 0 Å². The highest BCUT2D eigenvalue weighted by Gasteiger charge is 2.28. The molecule has 3 rings (SSSR count). The van der Waals surface area contributed by atoms with E-state index >= 15 is 0 Å². The van der Waals surface area contributed by atoms with Crippen LogP contribution in [0.15, 0.2) is 36.4 Å². The maximum atomic E-state index is 12.0. The fourth-order valence-corrected chi connectivity index (χ4v) is 5.24. The summed E-state index contributed by atoms with van der Waals surface area (Å²) < 4.78 is 22.9. The van der Waals surface area contributed by atoms with Crippen LogP contribution >= 0.6 is 0 Å². The second-order valence-electron chi connectivity index (χ2n) is 7.37. The standard InChI is InChI=1S/C20H29N3O3S/c24-20(21-19-9-16-27(25,26)17-19)8-11-23-14-12-22(13-15-23)10-4-7-18-5-2-1-3-6-18/h1-7,19H,8-17H2,(H,21,24)/b7-4+. The minimum atomic E-state index is -2.94. The largest absolute Gasteiger partial charge is 0.352 e. The summed E-state index contributed by atoms with van der Waals surface area (Å²) in [5.41, 5.74) is 1.22. The van der Waals surface area contributed by atoms with Crippen molar-refractivity contribution in [1.82, 2.24) is 15.1 Å². The van der Waals surface area contributed by atoms with Crippen molar-refractivity contribution in [3.63, 3.8) is 0 Å². The van der Waals surface area contributed by atoms with Crippen LogP contribution in [-0.4, -0.2) is 80.9 Å². The summed E-state index contributed by atoms with van der Waals surface area (Å²) in [7, 11) is -2.94. The predicted molar refractivity (Wildman–Crippen MR) is 108 cm³/mol. The fourth-order valence-electron chi connectivity index (χ4n) is 3.57. The van der Waals surface area contributed by atoms with Gasteiger partial charge in [-0.2, -0.15) is 0 Å². The summed E-state index contributed by atoms with van der Waals surface area (Å²) in [6, 6.07) is 10.1. The van der Waals surface area contributed by atoms with Crippen LogP contribution in [-0.2, 0) is 14.6 Å². The number of hydrogen-bond donors (Lipinski definition) is 1. The molecule has 7 heteroatoms. The lowest BCUT2D eigenvalue weighted by molar-refractivity contribution is -0.122. The lowest BCUT2D eigenvalue weighted by atomic mass is 10.2. The van der Waals surface area contributed by atoms with Gasteiger partial charge in [-0.1, -0.05) is 42.5 Å². The fraction of sp³-hybridized carbons (Fsp3) is 0.550. The maximum Gasteiger partial charge on any atom is 0.221 e. The summed E-state index contributed by atoms with van der Waals surface area (Å²) in [4.78, 5) is 16.8. The van der Waals surface area contributed by atoms with E-state index < -0.39 is 9.84 Å². The van der Waals surface area contributed by atoms with Crippen LogP contribution in [0.3, 0.4) is 0 Å². The van der Waals surface area contributed by atoms with E-state index in [0.717, 1.165) is 39.3 Å². The van der Waals surface area contributed by atoms with Crippen molar-refractivity contribution in [3.05, 3.63) is 42.0 Å². The summed E-state index contributed by atoms with van der Waals surface area (Å²) in [6.45, 7) is 5.61. The van der Waals surface area contributed by atoms with Gasteiger partial charge in [0.1, 0.15) is 0 Å². The molecule has 27 heavy (non-hydrogen) atoms. The first-order valence-corrected chi connectivity index (χ1v) is 11.5. The molecule has 0 aliphatic carbocycles.